The molecular formula is C11H16O2. The van der Waals surface area contributed by atoms with Crippen molar-refractivity contribution in [2.75, 3.05) is 0 Å². The van der Waals surface area contributed by atoms with Crippen molar-refractivity contribution in [3.63, 3.8) is 0 Å². The lowest BCUT2D eigenvalue weighted by molar-refractivity contribution is 0.403. The van der Waals surface area contributed by atoms with Crippen molar-refractivity contribution in [1.29, 1.82) is 0 Å². The molecule has 1 aromatic rings. The van der Waals surface area contributed by atoms with Crippen molar-refractivity contribution in [2.45, 2.75) is 26.7 Å². The van der Waals surface area contributed by atoms with Gasteiger partial charge in [-0.25, -0.2) is 0 Å². The van der Waals surface area contributed by atoms with Gasteiger partial charge in [-0.3, -0.25) is 0 Å². The summed E-state index contributed by atoms with van der Waals surface area (Å²) >= 11 is 0. The van der Waals surface area contributed by atoms with Crippen molar-refractivity contribution in [3.05, 3.63) is 23.8 Å². The largest absolute Gasteiger partial charge is 0.504 e. The topological polar surface area (TPSA) is 40.5 Å². The van der Waals surface area contributed by atoms with Crippen molar-refractivity contribution in [3.8, 4) is 11.5 Å². The lowest BCUT2D eigenvalue weighted by Gasteiger charge is -1.95. The van der Waals surface area contributed by atoms with E-state index in [0.717, 1.165) is 11.5 Å². The van der Waals surface area contributed by atoms with Gasteiger partial charge in [0.05, 0.1) is 0 Å². The molecule has 2 heteroatoms. The monoisotopic (exact) mass is 180 g/mol. The van der Waals surface area contributed by atoms with Gasteiger partial charge in [0.1, 0.15) is 0 Å². The maximum absolute atomic E-state index is 8.85. The Kier molecular flexibility index (Phi) is 3.18. The second kappa shape index (κ2) is 4.17. The number of aryl methyl sites for hydroxylation is 1. The van der Waals surface area contributed by atoms with Crippen molar-refractivity contribution in [1.82, 2.24) is 0 Å². The Morgan fingerprint density at radius 1 is 1.15 bits per heavy atom. The fourth-order valence-corrected chi connectivity index (χ4v) is 0.800. The highest BCUT2D eigenvalue weighted by atomic mass is 16.3. The Labute approximate surface area is 78.8 Å². The number of hydrogen-bond acceptors (Lipinski definition) is 2. The predicted molar refractivity (Wildman–Crippen MR) is 52.9 cm³/mol. The third-order valence-electron chi connectivity index (χ3n) is 2.00. The van der Waals surface area contributed by atoms with E-state index in [1.54, 1.807) is 6.07 Å². The summed E-state index contributed by atoms with van der Waals surface area (Å²) in [4.78, 5) is 0. The molecule has 1 fully saturated rings. The maximum atomic E-state index is 8.85. The van der Waals surface area contributed by atoms with Crippen LogP contribution in [0.2, 0.25) is 0 Å². The number of phenolic OH excluding ortho intramolecular Hbond substituents is 2. The van der Waals surface area contributed by atoms with E-state index in [9.17, 15) is 0 Å². The zero-order valence-electron chi connectivity index (χ0n) is 8.12. The summed E-state index contributed by atoms with van der Waals surface area (Å²) in [6.45, 7) is 4.12. The third kappa shape index (κ3) is 3.83. The molecule has 1 saturated carbocycles. The molecule has 1 aromatic carbocycles. The van der Waals surface area contributed by atoms with Crippen LogP contribution in [0.25, 0.3) is 0 Å². The van der Waals surface area contributed by atoms with Crippen molar-refractivity contribution < 1.29 is 10.2 Å². The molecule has 0 radical (unpaired) electrons. The number of benzene rings is 1. The molecule has 0 atom stereocenters. The molecule has 0 aromatic heterocycles. The highest BCUT2D eigenvalue weighted by molar-refractivity contribution is 5.39. The molecule has 0 unspecified atom stereocenters. The number of hydrogen-bond donors (Lipinski definition) is 2. The maximum Gasteiger partial charge on any atom is 0.157 e. The molecule has 2 N–H and O–H groups in total. The van der Waals surface area contributed by atoms with E-state index in [0.29, 0.717) is 0 Å². The Morgan fingerprint density at radius 3 is 2.00 bits per heavy atom. The fourth-order valence-electron chi connectivity index (χ4n) is 0.800. The molecule has 72 valence electrons. The van der Waals surface area contributed by atoms with Gasteiger partial charge in [-0.15, -0.1) is 0 Å². The minimum atomic E-state index is -0.0689. The van der Waals surface area contributed by atoms with E-state index in [1.807, 2.05) is 6.92 Å². The van der Waals surface area contributed by atoms with Crippen LogP contribution in [0.4, 0.5) is 0 Å². The van der Waals surface area contributed by atoms with Gasteiger partial charge in [0, 0.05) is 0 Å². The lowest BCUT2D eigenvalue weighted by atomic mass is 10.2. The molecule has 0 bridgehead atoms. The molecule has 2 rings (SSSR count). The first-order valence-corrected chi connectivity index (χ1v) is 4.58. The molecule has 0 amide bonds. The SMILES string of the molecule is CC1CC1.Cc1ccc(O)c(O)c1. The van der Waals surface area contributed by atoms with Gasteiger partial charge in [0.15, 0.2) is 11.5 Å². The van der Waals surface area contributed by atoms with E-state index in [4.69, 9.17) is 10.2 Å². The van der Waals surface area contributed by atoms with Crippen LogP contribution >= 0.6 is 0 Å². The smallest absolute Gasteiger partial charge is 0.157 e. The van der Waals surface area contributed by atoms with E-state index in [1.165, 1.54) is 25.0 Å². The highest BCUT2D eigenvalue weighted by Crippen LogP contribution is 2.26. The first-order chi connectivity index (χ1) is 6.09. The van der Waals surface area contributed by atoms with Crippen LogP contribution in [0.3, 0.4) is 0 Å². The zero-order chi connectivity index (χ0) is 9.84. The van der Waals surface area contributed by atoms with Crippen molar-refractivity contribution >= 4 is 0 Å². The van der Waals surface area contributed by atoms with Crippen LogP contribution in [0.1, 0.15) is 25.3 Å². The summed E-state index contributed by atoms with van der Waals surface area (Å²) in [6.07, 6.45) is 2.97. The molecule has 2 nitrogen and oxygen atoms in total. The molecule has 1 aliphatic rings. The van der Waals surface area contributed by atoms with E-state index in [2.05, 4.69) is 6.92 Å². The van der Waals surface area contributed by atoms with Gasteiger partial charge in [-0.2, -0.15) is 0 Å². The fraction of sp³-hybridized carbons (Fsp3) is 0.455. The van der Waals surface area contributed by atoms with Gasteiger partial charge in [0.2, 0.25) is 0 Å². The number of aromatic hydroxyl groups is 2. The minimum absolute atomic E-state index is 0.0602. The van der Waals surface area contributed by atoms with Crippen LogP contribution in [0.15, 0.2) is 18.2 Å². The third-order valence-corrected chi connectivity index (χ3v) is 2.00. The predicted octanol–water partition coefficient (Wildman–Crippen LogP) is 2.82. The van der Waals surface area contributed by atoms with Gasteiger partial charge in [-0.1, -0.05) is 25.8 Å². The zero-order valence-corrected chi connectivity index (χ0v) is 8.12. The van der Waals surface area contributed by atoms with E-state index < -0.39 is 0 Å². The van der Waals surface area contributed by atoms with Crippen LogP contribution in [-0.2, 0) is 0 Å². The number of rotatable bonds is 0. The molecule has 13 heavy (non-hydrogen) atoms. The Morgan fingerprint density at radius 2 is 1.69 bits per heavy atom. The Bertz CT molecular complexity index is 277. The number of phenols is 2. The van der Waals surface area contributed by atoms with Gasteiger partial charge in [0.25, 0.3) is 0 Å². The summed E-state index contributed by atoms with van der Waals surface area (Å²) in [6, 6.07) is 4.70. The summed E-state index contributed by atoms with van der Waals surface area (Å²) in [5, 5.41) is 17.6. The van der Waals surface area contributed by atoms with Crippen molar-refractivity contribution in [2.24, 2.45) is 5.92 Å². The van der Waals surface area contributed by atoms with Gasteiger partial charge >= 0.3 is 0 Å². The van der Waals surface area contributed by atoms with Gasteiger partial charge in [-0.05, 0) is 30.5 Å². The van der Waals surface area contributed by atoms with E-state index >= 15 is 0 Å². The molecule has 0 aliphatic heterocycles. The van der Waals surface area contributed by atoms with Crippen LogP contribution in [0.5, 0.6) is 11.5 Å². The second-order valence-corrected chi connectivity index (χ2v) is 3.67. The summed E-state index contributed by atoms with van der Waals surface area (Å²) in [5.74, 6) is 0.954. The quantitative estimate of drug-likeness (QED) is 0.603. The molecular weight excluding hydrogens is 164 g/mol. The summed E-state index contributed by atoms with van der Waals surface area (Å²) < 4.78 is 0. The molecule has 0 saturated heterocycles. The highest BCUT2D eigenvalue weighted by Gasteiger charge is 2.12. The first kappa shape index (κ1) is 9.90. The van der Waals surface area contributed by atoms with E-state index in [-0.39, 0.29) is 11.5 Å². The normalized spacial score (nSPS) is 14.6. The van der Waals surface area contributed by atoms with Gasteiger partial charge < -0.3 is 10.2 Å². The van der Waals surface area contributed by atoms with Crippen LogP contribution in [0, 0.1) is 12.8 Å². The summed E-state index contributed by atoms with van der Waals surface area (Å²) in [5.41, 5.74) is 0.935. The Hall–Kier alpha value is -1.18. The molecule has 0 spiro atoms. The van der Waals surface area contributed by atoms with Crippen LogP contribution in [-0.4, -0.2) is 10.2 Å². The minimum Gasteiger partial charge on any atom is -0.504 e. The van der Waals surface area contributed by atoms with Crippen LogP contribution < -0.4 is 0 Å². The standard InChI is InChI=1S/C7H8O2.C4H8/c1-5-2-3-6(8)7(9)4-5;1-4-2-3-4/h2-4,8-9H,1H3;4H,2-3H2,1H3. The molecule has 0 heterocycles. The average molecular weight is 180 g/mol. The first-order valence-electron chi connectivity index (χ1n) is 4.58. The average Bonchev–Trinajstić information content (AvgIpc) is 2.82. The second-order valence-electron chi connectivity index (χ2n) is 3.67. The molecule has 1 aliphatic carbocycles. The summed E-state index contributed by atoms with van der Waals surface area (Å²) in [7, 11) is 0. The Balaban J connectivity index is 0.000000175. The lowest BCUT2D eigenvalue weighted by Crippen LogP contribution is -1.70.